The molecule has 0 aliphatic carbocycles. The van der Waals surface area contributed by atoms with E-state index in [1.807, 2.05) is 31.2 Å². The van der Waals surface area contributed by atoms with Crippen LogP contribution in [-0.2, 0) is 4.79 Å². The Bertz CT molecular complexity index is 1120. The molecule has 3 rings (SSSR count). The molecule has 7 heteroatoms. The average Bonchev–Trinajstić information content (AvgIpc) is 3.17. The zero-order chi connectivity index (χ0) is 22.2. The predicted molar refractivity (Wildman–Crippen MR) is 117 cm³/mol. The number of aromatic nitrogens is 1. The fourth-order valence-electron chi connectivity index (χ4n) is 2.71. The summed E-state index contributed by atoms with van der Waals surface area (Å²) in [5.41, 5.74) is 3.06. The molecule has 1 heterocycles. The Labute approximate surface area is 180 Å². The number of nitrogens with one attached hydrogen (secondary N) is 1. The predicted octanol–water partition coefficient (Wildman–Crippen LogP) is 4.60. The molecule has 0 bridgehead atoms. The van der Waals surface area contributed by atoms with Crippen molar-refractivity contribution in [1.82, 2.24) is 5.16 Å². The molecule has 0 unspecified atom stereocenters. The quantitative estimate of drug-likeness (QED) is 0.327. The van der Waals surface area contributed by atoms with Gasteiger partial charge in [-0.1, -0.05) is 23.4 Å². The maximum Gasteiger partial charge on any atom is 0.267 e. The van der Waals surface area contributed by atoms with Gasteiger partial charge >= 0.3 is 0 Å². The summed E-state index contributed by atoms with van der Waals surface area (Å²) < 4.78 is 16.3. The second-order valence-electron chi connectivity index (χ2n) is 6.96. The molecule has 2 aromatic carbocycles. The number of anilines is 1. The molecule has 1 aromatic heterocycles. The molecule has 0 spiro atoms. The molecule has 1 N–H and O–H groups in total. The van der Waals surface area contributed by atoms with Gasteiger partial charge in [0.05, 0.1) is 0 Å². The van der Waals surface area contributed by atoms with Gasteiger partial charge in [-0.2, -0.15) is 5.26 Å². The van der Waals surface area contributed by atoms with E-state index in [1.54, 1.807) is 37.3 Å². The molecule has 0 atom stereocenters. The van der Waals surface area contributed by atoms with Crippen LogP contribution in [-0.4, -0.2) is 24.3 Å². The smallest absolute Gasteiger partial charge is 0.267 e. The Morgan fingerprint density at radius 1 is 1.03 bits per heavy atom. The number of nitrogens with zero attached hydrogens (tertiary/aromatic N) is 2. The molecule has 0 saturated carbocycles. The highest BCUT2D eigenvalue weighted by molar-refractivity contribution is 6.09. The van der Waals surface area contributed by atoms with Crippen LogP contribution in [0, 0.1) is 32.1 Å². The third-order valence-electron chi connectivity index (χ3n) is 4.52. The molecule has 0 fully saturated rings. The maximum absolute atomic E-state index is 12.2. The van der Waals surface area contributed by atoms with E-state index >= 15 is 0 Å². The number of benzene rings is 2. The lowest BCUT2D eigenvalue weighted by atomic mass is 10.1. The van der Waals surface area contributed by atoms with Crippen LogP contribution in [0.2, 0.25) is 0 Å². The first kappa shape index (κ1) is 21.7. The number of amides is 1. The first-order valence-electron chi connectivity index (χ1n) is 9.74. The van der Waals surface area contributed by atoms with Gasteiger partial charge in [0, 0.05) is 6.07 Å². The lowest BCUT2D eigenvalue weighted by Crippen LogP contribution is -2.13. The van der Waals surface area contributed by atoms with Gasteiger partial charge in [-0.3, -0.25) is 4.79 Å². The van der Waals surface area contributed by atoms with Crippen molar-refractivity contribution in [2.24, 2.45) is 0 Å². The minimum Gasteiger partial charge on any atom is -0.490 e. The number of ether oxygens (including phenoxy) is 2. The van der Waals surface area contributed by atoms with E-state index in [0.29, 0.717) is 30.3 Å². The molecule has 3 aromatic rings. The number of aryl methyl sites for hydroxylation is 3. The zero-order valence-corrected chi connectivity index (χ0v) is 17.6. The van der Waals surface area contributed by atoms with Crippen LogP contribution >= 0.6 is 0 Å². The molecule has 7 nitrogen and oxygen atoms in total. The first-order valence-corrected chi connectivity index (χ1v) is 9.74. The summed E-state index contributed by atoms with van der Waals surface area (Å²) >= 11 is 0. The molecular weight excluding hydrogens is 394 g/mol. The second-order valence-corrected chi connectivity index (χ2v) is 6.96. The van der Waals surface area contributed by atoms with Crippen molar-refractivity contribution in [2.45, 2.75) is 20.8 Å². The third kappa shape index (κ3) is 6.21. The minimum absolute atomic E-state index is 0.0453. The fraction of sp³-hybridized carbons (Fsp3) is 0.208. The topological polar surface area (TPSA) is 97.4 Å². The number of hydrogen-bond donors (Lipinski definition) is 1. The van der Waals surface area contributed by atoms with E-state index in [0.717, 1.165) is 5.75 Å². The van der Waals surface area contributed by atoms with Gasteiger partial charge in [0.1, 0.15) is 42.1 Å². The molecule has 0 aliphatic heterocycles. The Balaban J connectivity index is 1.51. The number of carbonyl (C=O) groups is 1. The summed E-state index contributed by atoms with van der Waals surface area (Å²) in [6.07, 6.45) is 1.49. The standard InChI is InChI=1S/C24H23N3O4/c1-16-4-7-22(12-17(16)2)30-11-10-29-21-8-5-19(6-9-21)14-20(15-25)24(28)26-23-13-18(3)31-27-23/h4-9,12-14H,10-11H2,1-3H3,(H,26,27,28)/b20-14-. The van der Waals surface area contributed by atoms with Gasteiger partial charge in [-0.25, -0.2) is 0 Å². The Kier molecular flexibility index (Phi) is 7.07. The summed E-state index contributed by atoms with van der Waals surface area (Å²) in [6.45, 7) is 6.63. The average molecular weight is 417 g/mol. The van der Waals surface area contributed by atoms with Crippen molar-refractivity contribution < 1.29 is 18.8 Å². The van der Waals surface area contributed by atoms with Crippen molar-refractivity contribution in [3.8, 4) is 17.6 Å². The van der Waals surface area contributed by atoms with Crippen molar-refractivity contribution in [1.29, 1.82) is 5.26 Å². The van der Waals surface area contributed by atoms with Crippen molar-refractivity contribution >= 4 is 17.8 Å². The number of rotatable bonds is 8. The van der Waals surface area contributed by atoms with E-state index in [9.17, 15) is 10.1 Å². The Hall–Kier alpha value is -4.05. The van der Waals surface area contributed by atoms with Gasteiger partial charge in [0.2, 0.25) is 0 Å². The van der Waals surface area contributed by atoms with E-state index in [2.05, 4.69) is 17.4 Å². The monoisotopic (exact) mass is 417 g/mol. The van der Waals surface area contributed by atoms with E-state index in [1.165, 1.54) is 17.2 Å². The van der Waals surface area contributed by atoms with Crippen LogP contribution in [0.4, 0.5) is 5.82 Å². The molecule has 158 valence electrons. The van der Waals surface area contributed by atoms with Gasteiger partial charge in [0.25, 0.3) is 5.91 Å². The molecule has 31 heavy (non-hydrogen) atoms. The Morgan fingerprint density at radius 2 is 1.71 bits per heavy atom. The lowest BCUT2D eigenvalue weighted by molar-refractivity contribution is -0.112. The maximum atomic E-state index is 12.2. The van der Waals surface area contributed by atoms with E-state index in [4.69, 9.17) is 14.0 Å². The number of hydrogen-bond acceptors (Lipinski definition) is 6. The third-order valence-corrected chi connectivity index (χ3v) is 4.52. The van der Waals surface area contributed by atoms with Crippen LogP contribution < -0.4 is 14.8 Å². The van der Waals surface area contributed by atoms with Gasteiger partial charge in [-0.15, -0.1) is 0 Å². The largest absolute Gasteiger partial charge is 0.490 e. The van der Waals surface area contributed by atoms with Crippen LogP contribution in [0.3, 0.4) is 0 Å². The van der Waals surface area contributed by atoms with Gasteiger partial charge < -0.3 is 19.3 Å². The van der Waals surface area contributed by atoms with Crippen molar-refractivity contribution in [2.75, 3.05) is 18.5 Å². The zero-order valence-electron chi connectivity index (χ0n) is 17.6. The molecule has 0 radical (unpaired) electrons. The molecular formula is C24H23N3O4. The second kappa shape index (κ2) is 10.1. The summed E-state index contributed by atoms with van der Waals surface area (Å²) in [4.78, 5) is 12.2. The van der Waals surface area contributed by atoms with Gasteiger partial charge in [0.15, 0.2) is 5.82 Å². The van der Waals surface area contributed by atoms with Crippen LogP contribution in [0.25, 0.3) is 6.08 Å². The summed E-state index contributed by atoms with van der Waals surface area (Å²) in [5.74, 6) is 1.75. The van der Waals surface area contributed by atoms with Crippen molar-refractivity contribution in [3.05, 3.63) is 76.6 Å². The number of nitriles is 1. The minimum atomic E-state index is -0.556. The lowest BCUT2D eigenvalue weighted by Gasteiger charge is -2.10. The fourth-order valence-corrected chi connectivity index (χ4v) is 2.71. The van der Waals surface area contributed by atoms with E-state index < -0.39 is 5.91 Å². The summed E-state index contributed by atoms with van der Waals surface area (Å²) in [6, 6.07) is 16.5. The normalized spacial score (nSPS) is 11.0. The van der Waals surface area contributed by atoms with Crippen molar-refractivity contribution in [3.63, 3.8) is 0 Å². The van der Waals surface area contributed by atoms with Gasteiger partial charge in [-0.05, 0) is 67.8 Å². The van der Waals surface area contributed by atoms with Crippen LogP contribution in [0.5, 0.6) is 11.5 Å². The molecule has 1 amide bonds. The van der Waals surface area contributed by atoms with Crippen LogP contribution in [0.1, 0.15) is 22.5 Å². The summed E-state index contributed by atoms with van der Waals surface area (Å²) in [5, 5.41) is 15.5. The number of carbonyl (C=O) groups excluding carboxylic acids is 1. The highest BCUT2D eigenvalue weighted by Crippen LogP contribution is 2.18. The SMILES string of the molecule is Cc1cc(NC(=O)/C(C#N)=C\c2ccc(OCCOc3ccc(C)c(C)c3)cc2)no1. The first-order chi connectivity index (χ1) is 14.9. The highest BCUT2D eigenvalue weighted by atomic mass is 16.5. The summed E-state index contributed by atoms with van der Waals surface area (Å²) in [7, 11) is 0. The van der Waals surface area contributed by atoms with E-state index in [-0.39, 0.29) is 11.4 Å². The highest BCUT2D eigenvalue weighted by Gasteiger charge is 2.11. The Morgan fingerprint density at radius 3 is 2.32 bits per heavy atom. The van der Waals surface area contributed by atoms with Crippen LogP contribution in [0.15, 0.2) is 58.6 Å². The molecule has 0 aliphatic rings. The molecule has 0 saturated heterocycles.